The predicted octanol–water partition coefficient (Wildman–Crippen LogP) is 4.74. The van der Waals surface area contributed by atoms with E-state index in [4.69, 9.17) is 23.2 Å². The molecule has 5 nitrogen and oxygen atoms in total. The number of benzene rings is 1. The van der Waals surface area contributed by atoms with E-state index in [1.807, 2.05) is 36.4 Å². The maximum absolute atomic E-state index is 5.90. The molecule has 8 heteroatoms. The zero-order valence-corrected chi connectivity index (χ0v) is 17.4. The first-order valence-corrected chi connectivity index (χ1v) is 10.3. The SMILES string of the molecule is CCN1CCN(c2nc(-c3ccnc(Cl)c3)ns2)CC1.Clc1ccccc1. The molecule has 0 unspecified atom stereocenters. The van der Waals surface area contributed by atoms with E-state index < -0.39 is 0 Å². The van der Waals surface area contributed by atoms with Gasteiger partial charge in [-0.25, -0.2) is 4.98 Å². The van der Waals surface area contributed by atoms with Gasteiger partial charge in [0, 0.05) is 54.5 Å². The fourth-order valence-corrected chi connectivity index (χ4v) is 3.73. The summed E-state index contributed by atoms with van der Waals surface area (Å²) in [5.41, 5.74) is 0.916. The highest BCUT2D eigenvalue weighted by molar-refractivity contribution is 7.09. The Kier molecular flexibility index (Phi) is 7.41. The summed E-state index contributed by atoms with van der Waals surface area (Å²) in [6.45, 7) is 7.52. The number of likely N-dealkylation sites (N-methyl/N-ethyl adjacent to an activating group) is 1. The predicted molar refractivity (Wildman–Crippen MR) is 114 cm³/mol. The molecule has 4 rings (SSSR count). The van der Waals surface area contributed by atoms with E-state index in [9.17, 15) is 0 Å². The Bertz CT molecular complexity index is 835. The quantitative estimate of drug-likeness (QED) is 0.571. The zero-order chi connectivity index (χ0) is 19.1. The molecule has 3 heterocycles. The van der Waals surface area contributed by atoms with Crippen LogP contribution < -0.4 is 4.90 Å². The lowest BCUT2D eigenvalue weighted by atomic mass is 10.2. The topological polar surface area (TPSA) is 45.2 Å². The Morgan fingerprint density at radius 3 is 2.37 bits per heavy atom. The van der Waals surface area contributed by atoms with Gasteiger partial charge in [0.1, 0.15) is 5.15 Å². The number of aromatic nitrogens is 3. The van der Waals surface area contributed by atoms with E-state index in [0.29, 0.717) is 5.15 Å². The summed E-state index contributed by atoms with van der Waals surface area (Å²) in [5, 5.41) is 2.25. The summed E-state index contributed by atoms with van der Waals surface area (Å²) >= 11 is 12.9. The third kappa shape index (κ3) is 5.87. The van der Waals surface area contributed by atoms with Crippen LogP contribution in [-0.2, 0) is 0 Å². The maximum Gasteiger partial charge on any atom is 0.205 e. The van der Waals surface area contributed by atoms with E-state index in [-0.39, 0.29) is 0 Å². The van der Waals surface area contributed by atoms with Crippen molar-refractivity contribution in [3.63, 3.8) is 0 Å². The lowest BCUT2D eigenvalue weighted by Crippen LogP contribution is -2.46. The highest BCUT2D eigenvalue weighted by Crippen LogP contribution is 2.25. The number of halogens is 2. The van der Waals surface area contributed by atoms with Crippen LogP contribution in [0.2, 0.25) is 10.2 Å². The molecule has 1 aliphatic rings. The lowest BCUT2D eigenvalue weighted by molar-refractivity contribution is 0.271. The van der Waals surface area contributed by atoms with Gasteiger partial charge in [0.25, 0.3) is 0 Å². The van der Waals surface area contributed by atoms with Crippen LogP contribution in [0, 0.1) is 0 Å². The molecule has 142 valence electrons. The van der Waals surface area contributed by atoms with Crippen molar-refractivity contribution < 1.29 is 0 Å². The van der Waals surface area contributed by atoms with Crippen LogP contribution in [0.4, 0.5) is 5.13 Å². The van der Waals surface area contributed by atoms with E-state index in [1.54, 1.807) is 12.3 Å². The second-order valence-electron chi connectivity index (χ2n) is 5.98. The standard InChI is InChI=1S/C13H16ClN5S.C6H5Cl/c1-2-18-5-7-19(8-6-18)13-16-12(17-20-13)10-3-4-15-11(14)9-10;7-6-4-2-1-3-5-6/h3-4,9H,2,5-8H2,1H3;1-5H. The van der Waals surface area contributed by atoms with Crippen molar-refractivity contribution in [1.29, 1.82) is 0 Å². The van der Waals surface area contributed by atoms with Gasteiger partial charge < -0.3 is 9.80 Å². The van der Waals surface area contributed by atoms with E-state index in [2.05, 4.69) is 31.1 Å². The highest BCUT2D eigenvalue weighted by atomic mass is 35.5. The number of anilines is 1. The number of hydrogen-bond donors (Lipinski definition) is 0. The van der Waals surface area contributed by atoms with E-state index >= 15 is 0 Å². The second kappa shape index (κ2) is 9.99. The van der Waals surface area contributed by atoms with Crippen LogP contribution in [-0.4, -0.2) is 52.0 Å². The monoisotopic (exact) mass is 421 g/mol. The van der Waals surface area contributed by atoms with Gasteiger partial charge in [-0.1, -0.05) is 48.3 Å². The summed E-state index contributed by atoms with van der Waals surface area (Å²) in [4.78, 5) is 13.3. The van der Waals surface area contributed by atoms with E-state index in [0.717, 1.165) is 54.3 Å². The number of hydrogen-bond acceptors (Lipinski definition) is 6. The molecule has 1 aromatic carbocycles. The van der Waals surface area contributed by atoms with Crippen molar-refractivity contribution in [2.75, 3.05) is 37.6 Å². The minimum absolute atomic E-state index is 0.468. The van der Waals surface area contributed by atoms with Gasteiger partial charge in [-0.05, 0) is 30.8 Å². The molecular formula is C19H21Cl2N5S. The first kappa shape index (κ1) is 20.0. The fourth-order valence-electron chi connectivity index (χ4n) is 2.67. The smallest absolute Gasteiger partial charge is 0.205 e. The number of rotatable bonds is 3. The fraction of sp³-hybridized carbons (Fsp3) is 0.316. The highest BCUT2D eigenvalue weighted by Gasteiger charge is 2.19. The Balaban J connectivity index is 0.000000253. The lowest BCUT2D eigenvalue weighted by Gasteiger charge is -2.33. The van der Waals surface area contributed by atoms with Crippen molar-refractivity contribution >= 4 is 39.9 Å². The van der Waals surface area contributed by atoms with Crippen LogP contribution in [0.1, 0.15) is 6.92 Å². The average molecular weight is 422 g/mol. The van der Waals surface area contributed by atoms with Gasteiger partial charge in [-0.15, -0.1) is 0 Å². The molecular weight excluding hydrogens is 401 g/mol. The zero-order valence-electron chi connectivity index (χ0n) is 15.1. The summed E-state index contributed by atoms with van der Waals surface area (Å²) in [7, 11) is 0. The summed E-state index contributed by atoms with van der Waals surface area (Å²) in [6.07, 6.45) is 1.68. The van der Waals surface area contributed by atoms with Crippen LogP contribution >= 0.6 is 34.7 Å². The van der Waals surface area contributed by atoms with Crippen molar-refractivity contribution in [1.82, 2.24) is 19.2 Å². The van der Waals surface area contributed by atoms with Crippen LogP contribution in [0.5, 0.6) is 0 Å². The number of nitrogens with zero attached hydrogens (tertiary/aromatic N) is 5. The van der Waals surface area contributed by atoms with Gasteiger partial charge >= 0.3 is 0 Å². The minimum Gasteiger partial charge on any atom is -0.344 e. The van der Waals surface area contributed by atoms with Crippen molar-refractivity contribution in [2.24, 2.45) is 0 Å². The molecule has 0 bridgehead atoms. The van der Waals surface area contributed by atoms with Crippen molar-refractivity contribution in [2.45, 2.75) is 6.92 Å². The molecule has 0 N–H and O–H groups in total. The third-order valence-corrected chi connectivity index (χ3v) is 5.46. The second-order valence-corrected chi connectivity index (χ2v) is 7.54. The summed E-state index contributed by atoms with van der Waals surface area (Å²) in [5.74, 6) is 0.729. The van der Waals surface area contributed by atoms with Gasteiger partial charge in [-0.2, -0.15) is 9.36 Å². The minimum atomic E-state index is 0.468. The molecule has 3 aromatic rings. The Morgan fingerprint density at radius 2 is 1.78 bits per heavy atom. The molecule has 0 amide bonds. The molecule has 0 spiro atoms. The summed E-state index contributed by atoms with van der Waals surface area (Å²) in [6, 6.07) is 13.1. The molecule has 0 aliphatic carbocycles. The molecule has 0 radical (unpaired) electrons. The van der Waals surface area contributed by atoms with Gasteiger partial charge in [0.15, 0.2) is 5.82 Å². The Morgan fingerprint density at radius 1 is 1.04 bits per heavy atom. The van der Waals surface area contributed by atoms with Gasteiger partial charge in [0.2, 0.25) is 5.13 Å². The first-order chi connectivity index (χ1) is 13.2. The van der Waals surface area contributed by atoms with Gasteiger partial charge in [0.05, 0.1) is 0 Å². The molecule has 1 fully saturated rings. The van der Waals surface area contributed by atoms with Crippen molar-refractivity contribution in [3.05, 3.63) is 58.8 Å². The number of pyridine rings is 1. The first-order valence-electron chi connectivity index (χ1n) is 8.79. The maximum atomic E-state index is 5.90. The van der Waals surface area contributed by atoms with Crippen LogP contribution in [0.25, 0.3) is 11.4 Å². The largest absolute Gasteiger partial charge is 0.344 e. The average Bonchev–Trinajstić information content (AvgIpc) is 3.19. The third-order valence-electron chi connectivity index (χ3n) is 4.22. The molecule has 27 heavy (non-hydrogen) atoms. The molecule has 0 atom stereocenters. The van der Waals surface area contributed by atoms with E-state index in [1.165, 1.54) is 11.5 Å². The van der Waals surface area contributed by atoms with Crippen molar-refractivity contribution in [3.8, 4) is 11.4 Å². The Labute approximate surface area is 173 Å². The van der Waals surface area contributed by atoms with Gasteiger partial charge in [-0.3, -0.25) is 0 Å². The van der Waals surface area contributed by atoms with Crippen LogP contribution in [0.15, 0.2) is 48.7 Å². The van der Waals surface area contributed by atoms with Crippen LogP contribution in [0.3, 0.4) is 0 Å². The molecule has 2 aromatic heterocycles. The number of piperazine rings is 1. The normalized spacial score (nSPS) is 14.6. The summed E-state index contributed by atoms with van der Waals surface area (Å²) < 4.78 is 4.43. The molecule has 1 saturated heterocycles. The molecule has 1 aliphatic heterocycles. The molecule has 0 saturated carbocycles. The Hall–Kier alpha value is -1.73.